The molecular formula is C14H17FN4OS. The Balaban J connectivity index is 1.61. The van der Waals surface area contributed by atoms with Crippen LogP contribution in [0, 0.1) is 5.41 Å². The van der Waals surface area contributed by atoms with Gasteiger partial charge in [0, 0.05) is 25.9 Å². The molecule has 0 aliphatic carbocycles. The fourth-order valence-corrected chi connectivity index (χ4v) is 3.78. The zero-order valence-electron chi connectivity index (χ0n) is 11.7. The quantitative estimate of drug-likeness (QED) is 0.853. The van der Waals surface area contributed by atoms with Crippen LogP contribution in [0.3, 0.4) is 0 Å². The average molecular weight is 308 g/mol. The summed E-state index contributed by atoms with van der Waals surface area (Å²) in [5, 5.41) is 4.98. The topological polar surface area (TPSA) is 43.2 Å². The second-order valence-corrected chi connectivity index (χ2v) is 6.43. The van der Waals surface area contributed by atoms with Crippen molar-refractivity contribution in [3.63, 3.8) is 0 Å². The first-order valence-electron chi connectivity index (χ1n) is 7.26. The van der Waals surface area contributed by atoms with E-state index in [0.29, 0.717) is 5.41 Å². The van der Waals surface area contributed by atoms with E-state index < -0.39 is 0 Å². The van der Waals surface area contributed by atoms with Gasteiger partial charge in [-0.15, -0.1) is 3.89 Å². The first-order valence-corrected chi connectivity index (χ1v) is 7.93. The molecule has 2 aliphatic heterocycles. The molecule has 2 fully saturated rings. The summed E-state index contributed by atoms with van der Waals surface area (Å²) in [4.78, 5) is 6.80. The Morgan fingerprint density at radius 3 is 2.86 bits per heavy atom. The molecule has 0 atom stereocenters. The third kappa shape index (κ3) is 2.19. The maximum absolute atomic E-state index is 12.8. The predicted octanol–water partition coefficient (Wildman–Crippen LogP) is 2.82. The number of anilines is 1. The molecule has 4 rings (SSSR count). The van der Waals surface area contributed by atoms with Crippen LogP contribution in [0.5, 0.6) is 0 Å². The molecule has 0 radical (unpaired) electrons. The van der Waals surface area contributed by atoms with Crippen molar-refractivity contribution in [3.8, 4) is 0 Å². The lowest BCUT2D eigenvalue weighted by molar-refractivity contribution is 0.133. The maximum Gasteiger partial charge on any atom is 0.188 e. The number of nitrogens with zero attached hydrogens (tertiary/aromatic N) is 4. The molecule has 4 heterocycles. The Bertz CT molecular complexity index is 645. The average Bonchev–Trinajstić information content (AvgIpc) is 3.15. The van der Waals surface area contributed by atoms with E-state index in [0.717, 1.165) is 55.9 Å². The van der Waals surface area contributed by atoms with Crippen molar-refractivity contribution in [2.75, 3.05) is 31.2 Å². The summed E-state index contributed by atoms with van der Waals surface area (Å²) in [5.74, 6) is 0.918. The highest BCUT2D eigenvalue weighted by Gasteiger charge is 2.38. The predicted molar refractivity (Wildman–Crippen MR) is 80.9 cm³/mol. The Labute approximate surface area is 126 Å². The molecule has 0 amide bonds. The van der Waals surface area contributed by atoms with E-state index in [9.17, 15) is 3.89 Å². The van der Waals surface area contributed by atoms with Crippen LogP contribution in [0.25, 0.3) is 10.9 Å². The summed E-state index contributed by atoms with van der Waals surface area (Å²) in [6.07, 6.45) is 6.88. The van der Waals surface area contributed by atoms with Crippen molar-refractivity contribution in [1.29, 1.82) is 0 Å². The van der Waals surface area contributed by atoms with Gasteiger partial charge in [0.25, 0.3) is 0 Å². The third-order valence-corrected chi connectivity index (χ3v) is 5.24. The van der Waals surface area contributed by atoms with Crippen LogP contribution in [-0.4, -0.2) is 40.5 Å². The standard InChI is InChI=1S/C14H17FN4OS/c15-21-19-12-1-5-16-13(11(12)9-17-19)18-6-2-14(3-7-18)4-8-20-10-14/h1,5,9H,2-4,6-8,10H2. The minimum Gasteiger partial charge on any atom is -0.381 e. The molecule has 112 valence electrons. The summed E-state index contributed by atoms with van der Waals surface area (Å²) in [6.45, 7) is 3.75. The van der Waals surface area contributed by atoms with E-state index in [2.05, 4.69) is 15.0 Å². The molecule has 2 aromatic rings. The van der Waals surface area contributed by atoms with E-state index in [1.165, 1.54) is 10.5 Å². The Kier molecular flexibility index (Phi) is 3.26. The number of hydrogen-bond donors (Lipinski definition) is 0. The van der Waals surface area contributed by atoms with Crippen LogP contribution in [0.4, 0.5) is 9.70 Å². The van der Waals surface area contributed by atoms with Crippen LogP contribution in [-0.2, 0) is 4.74 Å². The number of hydrogen-bond acceptors (Lipinski definition) is 5. The molecule has 7 heteroatoms. The van der Waals surface area contributed by atoms with Crippen molar-refractivity contribution >= 4 is 29.1 Å². The van der Waals surface area contributed by atoms with Crippen LogP contribution in [0.2, 0.25) is 0 Å². The molecule has 2 aliphatic rings. The molecule has 2 aromatic heterocycles. The van der Waals surface area contributed by atoms with Gasteiger partial charge in [-0.25, -0.2) is 4.98 Å². The van der Waals surface area contributed by atoms with Gasteiger partial charge in [-0.3, -0.25) is 0 Å². The fourth-order valence-electron chi connectivity index (χ4n) is 3.46. The number of piperidine rings is 1. The van der Waals surface area contributed by atoms with Gasteiger partial charge in [0.1, 0.15) is 5.82 Å². The summed E-state index contributed by atoms with van der Waals surface area (Å²) < 4.78 is 19.7. The highest BCUT2D eigenvalue weighted by atomic mass is 32.2. The van der Waals surface area contributed by atoms with E-state index in [4.69, 9.17) is 4.74 Å². The van der Waals surface area contributed by atoms with E-state index in [1.54, 1.807) is 18.5 Å². The zero-order valence-corrected chi connectivity index (χ0v) is 12.5. The van der Waals surface area contributed by atoms with Gasteiger partial charge in [0.15, 0.2) is 12.3 Å². The van der Waals surface area contributed by atoms with Crippen LogP contribution < -0.4 is 4.90 Å². The first kappa shape index (κ1) is 13.3. The Morgan fingerprint density at radius 2 is 2.14 bits per heavy atom. The van der Waals surface area contributed by atoms with Gasteiger partial charge in [-0.1, -0.05) is 0 Å². The molecule has 0 saturated carbocycles. The molecule has 2 saturated heterocycles. The van der Waals surface area contributed by atoms with Gasteiger partial charge >= 0.3 is 0 Å². The molecule has 0 aromatic carbocycles. The normalized spacial score (nSPS) is 21.5. The van der Waals surface area contributed by atoms with Crippen molar-refractivity contribution in [2.24, 2.45) is 5.41 Å². The molecule has 0 N–H and O–H groups in total. The largest absolute Gasteiger partial charge is 0.381 e. The van der Waals surface area contributed by atoms with Crippen LogP contribution in [0.1, 0.15) is 19.3 Å². The van der Waals surface area contributed by atoms with Gasteiger partial charge in [-0.2, -0.15) is 9.19 Å². The van der Waals surface area contributed by atoms with Crippen molar-refractivity contribution in [2.45, 2.75) is 19.3 Å². The summed E-state index contributed by atoms with van der Waals surface area (Å²) >= 11 is 0.118. The monoisotopic (exact) mass is 308 g/mol. The number of ether oxygens (including phenoxy) is 1. The molecule has 0 unspecified atom stereocenters. The van der Waals surface area contributed by atoms with Crippen molar-refractivity contribution < 1.29 is 8.62 Å². The number of rotatable bonds is 2. The Morgan fingerprint density at radius 1 is 1.29 bits per heavy atom. The van der Waals surface area contributed by atoms with Gasteiger partial charge in [0.05, 0.1) is 23.7 Å². The lowest BCUT2D eigenvalue weighted by Crippen LogP contribution is -2.40. The summed E-state index contributed by atoms with van der Waals surface area (Å²) in [5.41, 5.74) is 1.15. The lowest BCUT2D eigenvalue weighted by atomic mass is 9.78. The van der Waals surface area contributed by atoms with Gasteiger partial charge in [-0.05, 0) is 30.7 Å². The third-order valence-electron chi connectivity index (χ3n) is 4.82. The van der Waals surface area contributed by atoms with Crippen LogP contribution in [0.15, 0.2) is 18.5 Å². The molecular weight excluding hydrogens is 291 g/mol. The van der Waals surface area contributed by atoms with E-state index in [-0.39, 0.29) is 12.3 Å². The summed E-state index contributed by atoms with van der Waals surface area (Å²) in [7, 11) is 0. The number of halogens is 1. The fraction of sp³-hybridized carbons (Fsp3) is 0.571. The second kappa shape index (κ2) is 5.14. The number of pyridine rings is 1. The molecule has 0 bridgehead atoms. The minimum absolute atomic E-state index is 0.118. The highest BCUT2D eigenvalue weighted by molar-refractivity contribution is 7.92. The lowest BCUT2D eigenvalue weighted by Gasteiger charge is -2.39. The molecule has 1 spiro atoms. The van der Waals surface area contributed by atoms with Gasteiger partial charge < -0.3 is 9.64 Å². The summed E-state index contributed by atoms with van der Waals surface area (Å²) in [6, 6.07) is 1.80. The van der Waals surface area contributed by atoms with Crippen molar-refractivity contribution in [3.05, 3.63) is 18.5 Å². The minimum atomic E-state index is 0.118. The van der Waals surface area contributed by atoms with Crippen LogP contribution >= 0.6 is 12.3 Å². The number of aromatic nitrogens is 3. The van der Waals surface area contributed by atoms with E-state index >= 15 is 0 Å². The number of fused-ring (bicyclic) bond motifs is 1. The zero-order chi connectivity index (χ0) is 14.3. The smallest absolute Gasteiger partial charge is 0.188 e. The maximum atomic E-state index is 12.8. The first-order chi connectivity index (χ1) is 10.3. The Hall–Kier alpha value is -1.34. The SMILES string of the molecule is FSn1ncc2c(N3CCC4(CCOC4)CC3)nccc21. The molecule has 21 heavy (non-hydrogen) atoms. The van der Waals surface area contributed by atoms with E-state index in [1.807, 2.05) is 0 Å². The second-order valence-electron chi connectivity index (χ2n) is 5.94. The van der Waals surface area contributed by atoms with Crippen molar-refractivity contribution in [1.82, 2.24) is 14.2 Å². The highest BCUT2D eigenvalue weighted by Crippen LogP contribution is 2.40. The van der Waals surface area contributed by atoms with Gasteiger partial charge in [0.2, 0.25) is 0 Å². The molecule has 5 nitrogen and oxygen atoms in total.